The molecule has 0 saturated heterocycles. The Bertz CT molecular complexity index is 979. The summed E-state index contributed by atoms with van der Waals surface area (Å²) in [5.74, 6) is 0.272. The maximum Gasteiger partial charge on any atom is 0.335 e. The molecule has 0 atom stereocenters. The van der Waals surface area contributed by atoms with Gasteiger partial charge >= 0.3 is 5.97 Å². The van der Waals surface area contributed by atoms with Crippen LogP contribution in [0, 0.1) is 0 Å². The molecule has 3 aromatic rings. The fraction of sp³-hybridized carbons (Fsp3) is 0.150. The van der Waals surface area contributed by atoms with Crippen LogP contribution in [0.1, 0.15) is 21.5 Å². The van der Waals surface area contributed by atoms with Gasteiger partial charge in [0.1, 0.15) is 17.1 Å². The molecule has 0 amide bonds. The third kappa shape index (κ3) is 3.94. The van der Waals surface area contributed by atoms with Crippen molar-refractivity contribution in [2.45, 2.75) is 17.4 Å². The number of carboxylic acid groups (broad SMARTS) is 1. The van der Waals surface area contributed by atoms with E-state index in [9.17, 15) is 9.90 Å². The monoisotopic (exact) mass is 380 g/mol. The molecule has 27 heavy (non-hydrogen) atoms. The average Bonchev–Trinajstić information content (AvgIpc) is 2.72. The van der Waals surface area contributed by atoms with Crippen molar-refractivity contribution in [2.24, 2.45) is 0 Å². The van der Waals surface area contributed by atoms with Crippen LogP contribution >= 0.6 is 11.8 Å². The molecule has 1 aromatic heterocycles. The molecule has 136 valence electrons. The average molecular weight is 380 g/mol. The summed E-state index contributed by atoms with van der Waals surface area (Å²) in [6.07, 6.45) is 1.54. The number of hydrogen-bond donors (Lipinski definition) is 1. The summed E-state index contributed by atoms with van der Waals surface area (Å²) in [7, 11) is 0. The van der Waals surface area contributed by atoms with Crippen LogP contribution in [0.25, 0.3) is 11.3 Å². The summed E-state index contributed by atoms with van der Waals surface area (Å²) in [4.78, 5) is 20.1. The molecule has 0 unspecified atom stereocenters. The van der Waals surface area contributed by atoms with Crippen LogP contribution in [0.3, 0.4) is 0 Å². The Labute approximate surface area is 160 Å². The lowest BCUT2D eigenvalue weighted by atomic mass is 10.0. The van der Waals surface area contributed by atoms with Crippen molar-refractivity contribution in [3.63, 3.8) is 0 Å². The highest BCUT2D eigenvalue weighted by Gasteiger charge is 2.19. The van der Waals surface area contributed by atoms with Gasteiger partial charge in [0.15, 0.2) is 6.79 Å². The molecule has 6 nitrogen and oxygen atoms in total. The quantitative estimate of drug-likeness (QED) is 0.529. The lowest BCUT2D eigenvalue weighted by molar-refractivity contribution is -0.0169. The number of nitrogens with zero attached hydrogens (tertiary/aromatic N) is 2. The third-order valence-electron chi connectivity index (χ3n) is 4.12. The van der Waals surface area contributed by atoms with Crippen molar-refractivity contribution < 1.29 is 19.4 Å². The van der Waals surface area contributed by atoms with Crippen molar-refractivity contribution in [3.8, 4) is 17.0 Å². The van der Waals surface area contributed by atoms with E-state index in [2.05, 4.69) is 9.97 Å². The minimum absolute atomic E-state index is 0.169. The molecule has 1 aliphatic rings. The van der Waals surface area contributed by atoms with Gasteiger partial charge in [-0.25, -0.2) is 14.8 Å². The highest BCUT2D eigenvalue weighted by molar-refractivity contribution is 7.98. The highest BCUT2D eigenvalue weighted by atomic mass is 32.2. The second-order valence-corrected chi connectivity index (χ2v) is 6.93. The molecule has 0 aliphatic carbocycles. The number of rotatable bonds is 5. The molecule has 0 bridgehead atoms. The van der Waals surface area contributed by atoms with Crippen molar-refractivity contribution in [2.75, 3.05) is 6.79 Å². The number of benzene rings is 2. The predicted octanol–water partition coefficient (Wildman–Crippen LogP) is 4.00. The van der Waals surface area contributed by atoms with Crippen LogP contribution in [0.15, 0.2) is 59.9 Å². The molecule has 1 aliphatic heterocycles. The van der Waals surface area contributed by atoms with Crippen LogP contribution < -0.4 is 4.74 Å². The van der Waals surface area contributed by atoms with Crippen LogP contribution in [0.4, 0.5) is 0 Å². The van der Waals surface area contributed by atoms with Gasteiger partial charge in [-0.3, -0.25) is 0 Å². The first-order valence-corrected chi connectivity index (χ1v) is 9.29. The molecule has 0 spiro atoms. The third-order valence-corrected chi connectivity index (χ3v) is 5.10. The number of carbonyl (C=O) groups is 1. The Kier molecular flexibility index (Phi) is 5.04. The predicted molar refractivity (Wildman–Crippen MR) is 101 cm³/mol. The lowest BCUT2D eigenvalue weighted by Crippen LogP contribution is -2.14. The Morgan fingerprint density at radius 2 is 2.00 bits per heavy atom. The topological polar surface area (TPSA) is 81.5 Å². The van der Waals surface area contributed by atoms with Gasteiger partial charge in [0, 0.05) is 22.4 Å². The summed E-state index contributed by atoms with van der Waals surface area (Å²) in [6, 6.07) is 15.1. The van der Waals surface area contributed by atoms with E-state index in [0.717, 1.165) is 27.4 Å². The van der Waals surface area contributed by atoms with E-state index in [0.29, 0.717) is 18.1 Å². The second kappa shape index (κ2) is 7.77. The van der Waals surface area contributed by atoms with Gasteiger partial charge in [0.2, 0.25) is 0 Å². The van der Waals surface area contributed by atoms with Crippen molar-refractivity contribution >= 4 is 17.7 Å². The molecule has 0 radical (unpaired) electrons. The SMILES string of the molecule is O=C(O)c1cc2c(c(CSc3cc(-c4ccccc4)ncn3)c1)OCOC2. The fourth-order valence-corrected chi connectivity index (χ4v) is 3.70. The zero-order valence-corrected chi connectivity index (χ0v) is 15.1. The standard InChI is InChI=1S/C20H16N2O4S/c23-20(24)14-6-15-9-25-12-26-19(15)16(7-14)10-27-18-8-17(21-11-22-18)13-4-2-1-3-5-13/h1-8,11H,9-10,12H2,(H,23,24). The molecule has 0 fully saturated rings. The van der Waals surface area contributed by atoms with E-state index < -0.39 is 5.97 Å². The van der Waals surface area contributed by atoms with Crippen LogP contribution in [-0.2, 0) is 17.1 Å². The zero-order chi connectivity index (χ0) is 18.6. The van der Waals surface area contributed by atoms with Gasteiger partial charge in [-0.2, -0.15) is 0 Å². The maximum atomic E-state index is 11.4. The van der Waals surface area contributed by atoms with E-state index in [1.54, 1.807) is 12.1 Å². The minimum Gasteiger partial charge on any atom is -0.478 e. The normalized spacial score (nSPS) is 12.9. The van der Waals surface area contributed by atoms with E-state index in [1.165, 1.54) is 18.1 Å². The maximum absolute atomic E-state index is 11.4. The van der Waals surface area contributed by atoms with E-state index >= 15 is 0 Å². The molecule has 4 rings (SSSR count). The molecule has 0 saturated carbocycles. The van der Waals surface area contributed by atoms with Gasteiger partial charge < -0.3 is 14.6 Å². The highest BCUT2D eigenvalue weighted by Crippen LogP contribution is 2.34. The summed E-state index contributed by atoms with van der Waals surface area (Å²) in [6.45, 7) is 0.516. The molecule has 2 heterocycles. The number of thioether (sulfide) groups is 1. The van der Waals surface area contributed by atoms with Gasteiger partial charge in [0.25, 0.3) is 0 Å². The summed E-state index contributed by atoms with van der Waals surface area (Å²) >= 11 is 1.51. The van der Waals surface area contributed by atoms with Gasteiger partial charge in [-0.05, 0) is 18.2 Å². The van der Waals surface area contributed by atoms with Crippen LogP contribution in [0.5, 0.6) is 5.75 Å². The Hall–Kier alpha value is -2.90. The number of aromatic nitrogens is 2. The molecule has 7 heteroatoms. The van der Waals surface area contributed by atoms with Crippen molar-refractivity contribution in [1.29, 1.82) is 0 Å². The number of ether oxygens (including phenoxy) is 2. The van der Waals surface area contributed by atoms with Crippen molar-refractivity contribution in [1.82, 2.24) is 9.97 Å². The fourth-order valence-electron chi connectivity index (χ4n) is 2.87. The first-order valence-electron chi connectivity index (χ1n) is 8.30. The molecular weight excluding hydrogens is 364 g/mol. The van der Waals surface area contributed by atoms with E-state index in [-0.39, 0.29) is 12.4 Å². The van der Waals surface area contributed by atoms with Gasteiger partial charge in [-0.15, -0.1) is 11.8 Å². The van der Waals surface area contributed by atoms with Gasteiger partial charge in [-0.1, -0.05) is 30.3 Å². The Morgan fingerprint density at radius 1 is 1.15 bits per heavy atom. The van der Waals surface area contributed by atoms with Gasteiger partial charge in [0.05, 0.1) is 17.9 Å². The molecule has 2 aromatic carbocycles. The number of carboxylic acids is 1. The largest absolute Gasteiger partial charge is 0.478 e. The Morgan fingerprint density at radius 3 is 2.81 bits per heavy atom. The summed E-state index contributed by atoms with van der Waals surface area (Å²) < 4.78 is 10.9. The van der Waals surface area contributed by atoms with E-state index in [1.807, 2.05) is 36.4 Å². The summed E-state index contributed by atoms with van der Waals surface area (Å²) in [5.41, 5.74) is 3.67. The first kappa shape index (κ1) is 17.5. The van der Waals surface area contributed by atoms with Crippen molar-refractivity contribution in [3.05, 3.63) is 71.5 Å². The number of hydrogen-bond acceptors (Lipinski definition) is 6. The van der Waals surface area contributed by atoms with Crippen LogP contribution in [0.2, 0.25) is 0 Å². The van der Waals surface area contributed by atoms with Crippen LogP contribution in [-0.4, -0.2) is 27.8 Å². The second-order valence-electron chi connectivity index (χ2n) is 5.94. The molecule has 1 N–H and O–H groups in total. The number of fused-ring (bicyclic) bond motifs is 1. The number of aromatic carboxylic acids is 1. The minimum atomic E-state index is -0.969. The first-order chi connectivity index (χ1) is 13.2. The van der Waals surface area contributed by atoms with E-state index in [4.69, 9.17) is 9.47 Å². The summed E-state index contributed by atoms with van der Waals surface area (Å²) in [5, 5.41) is 10.2. The smallest absolute Gasteiger partial charge is 0.335 e. The lowest BCUT2D eigenvalue weighted by Gasteiger charge is -2.21. The molecular formula is C20H16N2O4S. The zero-order valence-electron chi connectivity index (χ0n) is 14.3. The Balaban J connectivity index is 1.59.